The first-order valence-corrected chi connectivity index (χ1v) is 6.43. The third-order valence-corrected chi connectivity index (χ3v) is 3.97. The first kappa shape index (κ1) is 11.4. The molecule has 0 amide bonds. The summed E-state index contributed by atoms with van der Waals surface area (Å²) in [5, 5.41) is 9.13. The van der Waals surface area contributed by atoms with E-state index in [1.807, 2.05) is 0 Å². The maximum Gasteiger partial charge on any atom is 0.0558 e. The maximum absolute atomic E-state index is 9.13. The molecule has 15 heavy (non-hydrogen) atoms. The molecule has 0 saturated heterocycles. The van der Waals surface area contributed by atoms with Crippen LogP contribution in [0.25, 0.3) is 0 Å². The zero-order valence-corrected chi connectivity index (χ0v) is 9.57. The number of nitrogens with zero attached hydrogens (tertiary/aromatic N) is 1. The number of nitrogens with two attached hydrogens (primary N) is 1. The van der Waals surface area contributed by atoms with Crippen LogP contribution in [0, 0.1) is 5.92 Å². The summed E-state index contributed by atoms with van der Waals surface area (Å²) in [4.78, 5) is 2.54. The van der Waals surface area contributed by atoms with E-state index in [0.717, 1.165) is 19.1 Å². The Hall–Kier alpha value is -0.120. The summed E-state index contributed by atoms with van der Waals surface area (Å²) in [6.07, 6.45) is 7.92. The molecular weight excluding hydrogens is 188 g/mol. The SMILES string of the molecule is NCC1CCCCC1N(CCO)C1CC1. The Morgan fingerprint density at radius 3 is 2.47 bits per heavy atom. The number of rotatable bonds is 5. The highest BCUT2D eigenvalue weighted by atomic mass is 16.3. The maximum atomic E-state index is 9.13. The van der Waals surface area contributed by atoms with Gasteiger partial charge in [0.05, 0.1) is 6.61 Å². The first-order valence-electron chi connectivity index (χ1n) is 6.43. The second-order valence-corrected chi connectivity index (χ2v) is 5.04. The van der Waals surface area contributed by atoms with Gasteiger partial charge in [0.2, 0.25) is 0 Å². The molecule has 0 aromatic rings. The summed E-state index contributed by atoms with van der Waals surface area (Å²) in [6.45, 7) is 1.97. The Morgan fingerprint density at radius 2 is 1.87 bits per heavy atom. The normalized spacial score (nSPS) is 32.2. The van der Waals surface area contributed by atoms with Gasteiger partial charge in [0.25, 0.3) is 0 Å². The van der Waals surface area contributed by atoms with Gasteiger partial charge in [-0.2, -0.15) is 0 Å². The Kier molecular flexibility index (Phi) is 4.00. The van der Waals surface area contributed by atoms with Crippen LogP contribution in [0.4, 0.5) is 0 Å². The third-order valence-electron chi connectivity index (χ3n) is 3.97. The van der Waals surface area contributed by atoms with Crippen LogP contribution in [0.1, 0.15) is 38.5 Å². The van der Waals surface area contributed by atoms with Crippen molar-refractivity contribution in [2.45, 2.75) is 50.6 Å². The molecule has 3 N–H and O–H groups in total. The smallest absolute Gasteiger partial charge is 0.0558 e. The van der Waals surface area contributed by atoms with Crippen LogP contribution in [0.3, 0.4) is 0 Å². The van der Waals surface area contributed by atoms with E-state index in [1.165, 1.54) is 38.5 Å². The molecule has 2 aliphatic rings. The predicted molar refractivity (Wildman–Crippen MR) is 61.6 cm³/mol. The lowest BCUT2D eigenvalue weighted by molar-refractivity contribution is 0.0795. The van der Waals surface area contributed by atoms with Crippen molar-refractivity contribution in [2.24, 2.45) is 11.7 Å². The van der Waals surface area contributed by atoms with E-state index in [2.05, 4.69) is 4.90 Å². The molecule has 0 aromatic carbocycles. The minimum absolute atomic E-state index is 0.296. The molecule has 3 heteroatoms. The van der Waals surface area contributed by atoms with Crippen LogP contribution in [0.15, 0.2) is 0 Å². The lowest BCUT2D eigenvalue weighted by Gasteiger charge is -2.39. The van der Waals surface area contributed by atoms with Crippen molar-refractivity contribution in [3.05, 3.63) is 0 Å². The van der Waals surface area contributed by atoms with Crippen molar-refractivity contribution in [2.75, 3.05) is 19.7 Å². The molecule has 0 aliphatic heterocycles. The summed E-state index contributed by atoms with van der Waals surface area (Å²) in [5.74, 6) is 0.672. The summed E-state index contributed by atoms with van der Waals surface area (Å²) in [6, 6.07) is 1.41. The molecule has 0 bridgehead atoms. The second kappa shape index (κ2) is 5.28. The van der Waals surface area contributed by atoms with Crippen molar-refractivity contribution in [3.8, 4) is 0 Å². The standard InChI is InChI=1S/C12H24N2O/c13-9-10-3-1-2-4-12(10)14(7-8-15)11-5-6-11/h10-12,15H,1-9,13H2. The summed E-state index contributed by atoms with van der Waals surface area (Å²) in [7, 11) is 0. The molecule has 2 fully saturated rings. The molecule has 2 saturated carbocycles. The van der Waals surface area contributed by atoms with E-state index in [1.54, 1.807) is 0 Å². The molecule has 0 spiro atoms. The zero-order chi connectivity index (χ0) is 10.7. The van der Waals surface area contributed by atoms with Crippen LogP contribution < -0.4 is 5.73 Å². The van der Waals surface area contributed by atoms with Gasteiger partial charge in [0.1, 0.15) is 0 Å². The fraction of sp³-hybridized carbons (Fsp3) is 1.00. The Labute approximate surface area is 92.6 Å². The van der Waals surface area contributed by atoms with Crippen molar-refractivity contribution in [3.63, 3.8) is 0 Å². The lowest BCUT2D eigenvalue weighted by atomic mass is 9.83. The van der Waals surface area contributed by atoms with Crippen molar-refractivity contribution < 1.29 is 5.11 Å². The van der Waals surface area contributed by atoms with Crippen LogP contribution in [-0.2, 0) is 0 Å². The molecule has 2 aliphatic carbocycles. The van der Waals surface area contributed by atoms with Crippen LogP contribution in [0.5, 0.6) is 0 Å². The highest BCUT2D eigenvalue weighted by molar-refractivity contribution is 4.92. The average molecular weight is 212 g/mol. The molecule has 0 aromatic heterocycles. The summed E-state index contributed by atoms with van der Waals surface area (Å²) in [5.41, 5.74) is 5.86. The Balaban J connectivity index is 1.96. The fourth-order valence-electron chi connectivity index (χ4n) is 3.04. The van der Waals surface area contributed by atoms with Gasteiger partial charge in [-0.3, -0.25) is 4.90 Å². The molecule has 0 radical (unpaired) electrons. The van der Waals surface area contributed by atoms with E-state index < -0.39 is 0 Å². The predicted octanol–water partition coefficient (Wildman–Crippen LogP) is 0.961. The van der Waals surface area contributed by atoms with Crippen molar-refractivity contribution in [1.82, 2.24) is 4.90 Å². The van der Waals surface area contributed by atoms with Gasteiger partial charge in [0, 0.05) is 18.6 Å². The number of hydrogen-bond donors (Lipinski definition) is 2. The van der Waals surface area contributed by atoms with E-state index in [-0.39, 0.29) is 0 Å². The summed E-state index contributed by atoms with van der Waals surface area (Å²) >= 11 is 0. The molecule has 3 nitrogen and oxygen atoms in total. The first-order chi connectivity index (χ1) is 7.36. The Bertz CT molecular complexity index is 194. The van der Waals surface area contributed by atoms with Gasteiger partial charge in [-0.1, -0.05) is 12.8 Å². The molecule has 0 heterocycles. The highest BCUT2D eigenvalue weighted by Gasteiger charge is 2.37. The van der Waals surface area contributed by atoms with Gasteiger partial charge in [-0.15, -0.1) is 0 Å². The largest absolute Gasteiger partial charge is 0.395 e. The quantitative estimate of drug-likeness (QED) is 0.713. The molecule has 88 valence electrons. The topological polar surface area (TPSA) is 49.5 Å². The summed E-state index contributed by atoms with van der Waals surface area (Å²) < 4.78 is 0. The number of aliphatic hydroxyl groups is 1. The molecule has 2 unspecified atom stereocenters. The number of aliphatic hydroxyl groups excluding tert-OH is 1. The fourth-order valence-corrected chi connectivity index (χ4v) is 3.04. The minimum atomic E-state index is 0.296. The second-order valence-electron chi connectivity index (χ2n) is 5.04. The van der Waals surface area contributed by atoms with Crippen LogP contribution in [-0.4, -0.2) is 41.8 Å². The van der Waals surface area contributed by atoms with E-state index >= 15 is 0 Å². The monoisotopic (exact) mass is 212 g/mol. The van der Waals surface area contributed by atoms with Gasteiger partial charge in [-0.05, 0) is 38.1 Å². The third kappa shape index (κ3) is 2.71. The van der Waals surface area contributed by atoms with Gasteiger partial charge in [-0.25, -0.2) is 0 Å². The zero-order valence-electron chi connectivity index (χ0n) is 9.57. The molecule has 2 rings (SSSR count). The molecule has 2 atom stereocenters. The Morgan fingerprint density at radius 1 is 1.13 bits per heavy atom. The lowest BCUT2D eigenvalue weighted by Crippen LogP contribution is -2.47. The van der Waals surface area contributed by atoms with Gasteiger partial charge in [0.15, 0.2) is 0 Å². The minimum Gasteiger partial charge on any atom is -0.395 e. The average Bonchev–Trinajstić information content (AvgIpc) is 3.10. The van der Waals surface area contributed by atoms with E-state index in [4.69, 9.17) is 10.8 Å². The highest BCUT2D eigenvalue weighted by Crippen LogP contribution is 2.35. The number of hydrogen-bond acceptors (Lipinski definition) is 3. The van der Waals surface area contributed by atoms with Gasteiger partial charge < -0.3 is 10.8 Å². The van der Waals surface area contributed by atoms with Crippen molar-refractivity contribution in [1.29, 1.82) is 0 Å². The van der Waals surface area contributed by atoms with Crippen molar-refractivity contribution >= 4 is 0 Å². The van der Waals surface area contributed by atoms with Crippen LogP contribution >= 0.6 is 0 Å². The van der Waals surface area contributed by atoms with E-state index in [9.17, 15) is 0 Å². The van der Waals surface area contributed by atoms with E-state index in [0.29, 0.717) is 18.6 Å². The van der Waals surface area contributed by atoms with Gasteiger partial charge >= 0.3 is 0 Å². The molecular formula is C12H24N2O. The van der Waals surface area contributed by atoms with Crippen LogP contribution in [0.2, 0.25) is 0 Å².